The van der Waals surface area contributed by atoms with Crippen molar-refractivity contribution in [3.8, 4) is 23.0 Å². The summed E-state index contributed by atoms with van der Waals surface area (Å²) in [6.07, 6.45) is 1.42. The quantitative estimate of drug-likeness (QED) is 0.134. The molecule has 0 aliphatic rings. The summed E-state index contributed by atoms with van der Waals surface area (Å²) in [5, 5.41) is 4.06. The van der Waals surface area contributed by atoms with Gasteiger partial charge in [-0.15, -0.1) is 0 Å². The fourth-order valence-electron chi connectivity index (χ4n) is 4.27. The van der Waals surface area contributed by atoms with E-state index in [2.05, 4.69) is 26.5 Å². The van der Waals surface area contributed by atoms with Crippen molar-refractivity contribution in [2.45, 2.75) is 25.3 Å². The fraction of sp³-hybridized carbons (Fsp3) is 0.212. The number of nitrogens with one attached hydrogen (secondary N) is 1. The Kier molecular flexibility index (Phi) is 11.1. The molecule has 1 amide bonds. The summed E-state index contributed by atoms with van der Waals surface area (Å²) in [7, 11) is 0.202. The molecule has 0 spiro atoms. The van der Waals surface area contributed by atoms with Crippen LogP contribution in [0.4, 0.5) is 5.69 Å². The molecule has 1 N–H and O–H groups in total. The Balaban J connectivity index is 1.54. The minimum absolute atomic E-state index is 0.0101. The lowest BCUT2D eigenvalue weighted by Gasteiger charge is -2.25. The third-order valence-corrected chi connectivity index (χ3v) is 9.07. The predicted molar refractivity (Wildman–Crippen MR) is 177 cm³/mol. The Labute approximate surface area is 271 Å². The van der Waals surface area contributed by atoms with Crippen LogP contribution in [-0.4, -0.2) is 48.4 Å². The zero-order chi connectivity index (χ0) is 32.6. The summed E-state index contributed by atoms with van der Waals surface area (Å²) in [6, 6.07) is 22.5. The summed E-state index contributed by atoms with van der Waals surface area (Å²) in [4.78, 5) is 13.1. The molecule has 0 radical (unpaired) electrons. The Hall–Kier alpha value is -4.55. The summed E-state index contributed by atoms with van der Waals surface area (Å²) >= 11 is 3.53. The highest BCUT2D eigenvalue weighted by molar-refractivity contribution is 9.10. The normalized spacial score (nSPS) is 11.2. The number of hydrogen-bond acceptors (Lipinski definition) is 8. The standard InChI is InChI=1S/C33H34BrN3O7S/c1-22-6-10-24(11-7-22)21-44-33-28(34)16-25(17-31(33)43-5)19-35-36-32(38)20-37(29-18-26(41-3)12-15-30(29)42-4)45(39,40)27-13-8-23(2)9-14-27/h6-19H,20-21H2,1-5H3,(H,36,38)/b35-19-. The summed E-state index contributed by atoms with van der Waals surface area (Å²) in [5.41, 5.74) is 6.20. The number of anilines is 1. The van der Waals surface area contributed by atoms with Crippen LogP contribution < -0.4 is 28.7 Å². The fourth-order valence-corrected chi connectivity index (χ4v) is 6.27. The molecule has 0 fully saturated rings. The van der Waals surface area contributed by atoms with E-state index in [1.165, 1.54) is 45.7 Å². The number of hydrogen-bond donors (Lipinski definition) is 1. The number of halogens is 1. The van der Waals surface area contributed by atoms with Crippen LogP contribution >= 0.6 is 15.9 Å². The van der Waals surface area contributed by atoms with Gasteiger partial charge in [-0.3, -0.25) is 9.10 Å². The second kappa shape index (κ2) is 15.0. The van der Waals surface area contributed by atoms with Gasteiger partial charge in [0, 0.05) is 6.07 Å². The van der Waals surface area contributed by atoms with Crippen LogP contribution in [0, 0.1) is 13.8 Å². The molecule has 0 unspecified atom stereocenters. The molecule has 236 valence electrons. The Bertz CT molecular complexity index is 1780. The summed E-state index contributed by atoms with van der Waals surface area (Å²) < 4.78 is 51.5. The van der Waals surface area contributed by atoms with Gasteiger partial charge in [0.25, 0.3) is 15.9 Å². The van der Waals surface area contributed by atoms with E-state index in [9.17, 15) is 13.2 Å². The molecule has 0 aliphatic carbocycles. The molecule has 0 saturated carbocycles. The number of carbonyl (C=O) groups is 1. The zero-order valence-corrected chi connectivity index (χ0v) is 27.9. The lowest BCUT2D eigenvalue weighted by atomic mass is 10.2. The maximum atomic E-state index is 13.8. The molecule has 0 bridgehead atoms. The van der Waals surface area contributed by atoms with Gasteiger partial charge in [-0.25, -0.2) is 13.8 Å². The van der Waals surface area contributed by atoms with Crippen LogP contribution in [-0.2, 0) is 21.4 Å². The van der Waals surface area contributed by atoms with Crippen molar-refractivity contribution in [1.82, 2.24) is 5.43 Å². The van der Waals surface area contributed by atoms with E-state index in [1.807, 2.05) is 38.1 Å². The second-order valence-electron chi connectivity index (χ2n) is 9.96. The highest BCUT2D eigenvalue weighted by atomic mass is 79.9. The van der Waals surface area contributed by atoms with Gasteiger partial charge in [0.1, 0.15) is 24.7 Å². The highest BCUT2D eigenvalue weighted by Gasteiger charge is 2.30. The first-order valence-electron chi connectivity index (χ1n) is 13.7. The van der Waals surface area contributed by atoms with Gasteiger partial charge in [-0.1, -0.05) is 47.5 Å². The van der Waals surface area contributed by atoms with Crippen molar-refractivity contribution in [2.75, 3.05) is 32.2 Å². The number of sulfonamides is 1. The molecule has 4 rings (SSSR count). The molecule has 0 aliphatic heterocycles. The first-order chi connectivity index (χ1) is 21.5. The Morgan fingerprint density at radius 1 is 0.867 bits per heavy atom. The molecular formula is C33H34BrN3O7S. The SMILES string of the molecule is COc1ccc(OC)c(N(CC(=O)N/N=C\c2cc(Br)c(OCc3ccc(C)cc3)c(OC)c2)S(=O)(=O)c2ccc(C)cc2)c1. The first kappa shape index (κ1) is 33.3. The first-order valence-corrected chi connectivity index (χ1v) is 16.0. The van der Waals surface area contributed by atoms with Gasteiger partial charge in [0.15, 0.2) is 11.5 Å². The van der Waals surface area contributed by atoms with Crippen molar-refractivity contribution in [2.24, 2.45) is 5.10 Å². The van der Waals surface area contributed by atoms with E-state index < -0.39 is 22.5 Å². The third-order valence-electron chi connectivity index (χ3n) is 6.71. The topological polar surface area (TPSA) is 116 Å². The van der Waals surface area contributed by atoms with Gasteiger partial charge in [-0.05, 0) is 77.3 Å². The van der Waals surface area contributed by atoms with E-state index in [4.69, 9.17) is 18.9 Å². The predicted octanol–water partition coefficient (Wildman–Crippen LogP) is 6.02. The minimum Gasteiger partial charge on any atom is -0.497 e. The maximum absolute atomic E-state index is 13.8. The molecule has 0 aromatic heterocycles. The van der Waals surface area contributed by atoms with Gasteiger partial charge >= 0.3 is 0 Å². The molecule has 45 heavy (non-hydrogen) atoms. The van der Waals surface area contributed by atoms with Crippen molar-refractivity contribution in [3.05, 3.63) is 106 Å². The summed E-state index contributed by atoms with van der Waals surface area (Å²) in [6.45, 7) is 3.63. The zero-order valence-electron chi connectivity index (χ0n) is 25.5. The number of carbonyl (C=O) groups excluding carboxylic acids is 1. The van der Waals surface area contributed by atoms with Gasteiger partial charge in [0.2, 0.25) is 0 Å². The van der Waals surface area contributed by atoms with Crippen LogP contribution in [0.3, 0.4) is 0 Å². The van der Waals surface area contributed by atoms with Crippen molar-refractivity contribution >= 4 is 43.8 Å². The molecule has 4 aromatic carbocycles. The van der Waals surface area contributed by atoms with Gasteiger partial charge < -0.3 is 18.9 Å². The largest absolute Gasteiger partial charge is 0.497 e. The van der Waals surface area contributed by atoms with Crippen LogP contribution in [0.2, 0.25) is 0 Å². The number of nitrogens with zero attached hydrogens (tertiary/aromatic N) is 2. The highest BCUT2D eigenvalue weighted by Crippen LogP contribution is 2.37. The number of amides is 1. The number of rotatable bonds is 13. The smallest absolute Gasteiger partial charge is 0.264 e. The number of hydrazone groups is 1. The number of methoxy groups -OCH3 is 3. The minimum atomic E-state index is -4.20. The number of benzene rings is 4. The van der Waals surface area contributed by atoms with Crippen LogP contribution in [0.5, 0.6) is 23.0 Å². The third kappa shape index (κ3) is 8.34. The van der Waals surface area contributed by atoms with Crippen LogP contribution in [0.25, 0.3) is 0 Å². The van der Waals surface area contributed by atoms with Gasteiger partial charge in [-0.2, -0.15) is 5.10 Å². The molecule has 4 aromatic rings. The van der Waals surface area contributed by atoms with Crippen molar-refractivity contribution in [3.63, 3.8) is 0 Å². The average Bonchev–Trinajstić information content (AvgIpc) is 3.03. The molecular weight excluding hydrogens is 662 g/mol. The molecule has 0 heterocycles. The van der Waals surface area contributed by atoms with Crippen molar-refractivity contribution < 1.29 is 32.2 Å². The average molecular weight is 697 g/mol. The Morgan fingerprint density at radius 2 is 1.51 bits per heavy atom. The summed E-state index contributed by atoms with van der Waals surface area (Å²) in [5.74, 6) is 0.924. The van der Waals surface area contributed by atoms with Crippen molar-refractivity contribution in [1.29, 1.82) is 0 Å². The second-order valence-corrected chi connectivity index (χ2v) is 12.7. The van der Waals surface area contributed by atoms with E-state index in [1.54, 1.807) is 36.4 Å². The van der Waals surface area contributed by atoms with Gasteiger partial charge in [0.05, 0.1) is 42.6 Å². The Morgan fingerprint density at radius 3 is 2.13 bits per heavy atom. The molecule has 12 heteroatoms. The lowest BCUT2D eigenvalue weighted by molar-refractivity contribution is -0.119. The number of aryl methyl sites for hydroxylation is 2. The van der Waals surface area contributed by atoms with Crippen LogP contribution in [0.1, 0.15) is 22.3 Å². The monoisotopic (exact) mass is 695 g/mol. The molecule has 0 atom stereocenters. The molecule has 0 saturated heterocycles. The molecule has 10 nitrogen and oxygen atoms in total. The van der Waals surface area contributed by atoms with Crippen LogP contribution in [0.15, 0.2) is 93.3 Å². The van der Waals surface area contributed by atoms with E-state index in [0.717, 1.165) is 21.0 Å². The maximum Gasteiger partial charge on any atom is 0.264 e. The van der Waals surface area contributed by atoms with E-state index >= 15 is 0 Å². The van der Waals surface area contributed by atoms with E-state index in [-0.39, 0.29) is 16.3 Å². The number of ether oxygens (including phenoxy) is 4. The lowest BCUT2D eigenvalue weighted by Crippen LogP contribution is -2.39. The van der Waals surface area contributed by atoms with E-state index in [0.29, 0.717) is 33.9 Å².